The van der Waals surface area contributed by atoms with Gasteiger partial charge in [0.1, 0.15) is 4.21 Å². The minimum atomic E-state index is -3.62. The van der Waals surface area contributed by atoms with Gasteiger partial charge in [-0.15, -0.1) is 11.3 Å². The van der Waals surface area contributed by atoms with Crippen molar-refractivity contribution in [2.45, 2.75) is 11.1 Å². The molecule has 8 heteroatoms. The van der Waals surface area contributed by atoms with Crippen LogP contribution in [0.25, 0.3) is 10.6 Å². The van der Waals surface area contributed by atoms with Gasteiger partial charge in [-0.1, -0.05) is 27.2 Å². The number of hydrogen-bond donors (Lipinski definition) is 1. The summed E-state index contributed by atoms with van der Waals surface area (Å²) in [7, 11) is -3.62. The Morgan fingerprint density at radius 1 is 1.23 bits per heavy atom. The SMILES string of the molecule is Cc1cc(-c2ccc(S(=O)(=O)Nc3cccc(Br)c3)s2)on1. The molecular formula is C14H11BrN2O3S2. The summed E-state index contributed by atoms with van der Waals surface area (Å²) in [5, 5.41) is 3.80. The van der Waals surface area contributed by atoms with Crippen molar-refractivity contribution in [3.05, 3.63) is 52.6 Å². The van der Waals surface area contributed by atoms with Gasteiger partial charge in [0, 0.05) is 16.2 Å². The molecule has 2 heterocycles. The van der Waals surface area contributed by atoms with Gasteiger partial charge in [0.2, 0.25) is 0 Å². The van der Waals surface area contributed by atoms with E-state index in [1.54, 1.807) is 36.4 Å². The van der Waals surface area contributed by atoms with Gasteiger partial charge in [-0.05, 0) is 37.3 Å². The zero-order chi connectivity index (χ0) is 15.7. The second-order valence-electron chi connectivity index (χ2n) is 4.57. The van der Waals surface area contributed by atoms with E-state index in [9.17, 15) is 8.42 Å². The molecule has 0 saturated heterocycles. The first-order valence-corrected chi connectivity index (χ1v) is 9.35. The van der Waals surface area contributed by atoms with Crippen LogP contribution in [-0.2, 0) is 10.0 Å². The summed E-state index contributed by atoms with van der Waals surface area (Å²) in [6.45, 7) is 1.81. The van der Waals surface area contributed by atoms with Crippen LogP contribution in [0.2, 0.25) is 0 Å². The zero-order valence-electron chi connectivity index (χ0n) is 11.4. The van der Waals surface area contributed by atoms with Crippen LogP contribution in [0.1, 0.15) is 5.69 Å². The number of aryl methyl sites for hydroxylation is 1. The number of rotatable bonds is 4. The molecule has 0 bridgehead atoms. The van der Waals surface area contributed by atoms with Crippen molar-refractivity contribution in [2.24, 2.45) is 0 Å². The Morgan fingerprint density at radius 3 is 2.73 bits per heavy atom. The van der Waals surface area contributed by atoms with Gasteiger partial charge in [-0.3, -0.25) is 4.72 Å². The molecule has 1 N–H and O–H groups in total. The third-order valence-electron chi connectivity index (χ3n) is 2.79. The molecule has 0 radical (unpaired) electrons. The smallest absolute Gasteiger partial charge is 0.271 e. The second-order valence-corrected chi connectivity index (χ2v) is 8.48. The van der Waals surface area contributed by atoms with E-state index >= 15 is 0 Å². The molecule has 0 fully saturated rings. The molecule has 22 heavy (non-hydrogen) atoms. The predicted octanol–water partition coefficient (Wildman–Crippen LogP) is 4.27. The van der Waals surface area contributed by atoms with Crippen molar-refractivity contribution >= 4 is 43.0 Å². The highest BCUT2D eigenvalue weighted by Crippen LogP contribution is 2.32. The number of nitrogens with zero attached hydrogens (tertiary/aromatic N) is 1. The van der Waals surface area contributed by atoms with Gasteiger partial charge in [0.25, 0.3) is 10.0 Å². The van der Waals surface area contributed by atoms with Gasteiger partial charge >= 0.3 is 0 Å². The van der Waals surface area contributed by atoms with E-state index in [1.165, 1.54) is 0 Å². The number of thiophene rings is 1. The molecule has 0 aliphatic rings. The Balaban J connectivity index is 1.88. The molecule has 0 aliphatic carbocycles. The van der Waals surface area contributed by atoms with E-state index in [0.29, 0.717) is 11.4 Å². The molecular weight excluding hydrogens is 388 g/mol. The summed E-state index contributed by atoms with van der Waals surface area (Å²) >= 11 is 4.45. The lowest BCUT2D eigenvalue weighted by molar-refractivity contribution is 0.428. The number of halogens is 1. The van der Waals surface area contributed by atoms with Crippen LogP contribution >= 0.6 is 27.3 Å². The van der Waals surface area contributed by atoms with Crippen LogP contribution in [0, 0.1) is 6.92 Å². The van der Waals surface area contributed by atoms with Crippen LogP contribution < -0.4 is 4.72 Å². The minimum absolute atomic E-state index is 0.219. The van der Waals surface area contributed by atoms with Crippen molar-refractivity contribution in [3.63, 3.8) is 0 Å². The number of anilines is 1. The molecule has 114 valence electrons. The topological polar surface area (TPSA) is 72.2 Å². The Bertz CT molecular complexity index is 916. The fraction of sp³-hybridized carbons (Fsp3) is 0.0714. The van der Waals surface area contributed by atoms with Crippen molar-refractivity contribution < 1.29 is 12.9 Å². The largest absolute Gasteiger partial charge is 0.355 e. The maximum absolute atomic E-state index is 12.4. The van der Waals surface area contributed by atoms with Gasteiger partial charge in [-0.25, -0.2) is 8.42 Å². The molecule has 0 spiro atoms. The monoisotopic (exact) mass is 398 g/mol. The fourth-order valence-corrected chi connectivity index (χ4v) is 4.54. The maximum Gasteiger partial charge on any atom is 0.271 e. The van der Waals surface area contributed by atoms with Crippen LogP contribution in [0.3, 0.4) is 0 Å². The lowest BCUT2D eigenvalue weighted by Gasteiger charge is -2.06. The molecule has 0 amide bonds. The van der Waals surface area contributed by atoms with E-state index in [0.717, 1.165) is 26.4 Å². The number of nitrogens with one attached hydrogen (secondary N) is 1. The van der Waals surface area contributed by atoms with E-state index in [2.05, 4.69) is 25.8 Å². The highest BCUT2D eigenvalue weighted by atomic mass is 79.9. The van der Waals surface area contributed by atoms with E-state index in [4.69, 9.17) is 4.52 Å². The van der Waals surface area contributed by atoms with Crippen molar-refractivity contribution in [1.29, 1.82) is 0 Å². The first-order valence-electron chi connectivity index (χ1n) is 6.26. The lowest BCUT2D eigenvalue weighted by Crippen LogP contribution is -2.11. The molecule has 1 aromatic carbocycles. The van der Waals surface area contributed by atoms with Gasteiger partial charge in [0.05, 0.1) is 10.6 Å². The lowest BCUT2D eigenvalue weighted by atomic mass is 10.3. The molecule has 2 aromatic heterocycles. The van der Waals surface area contributed by atoms with Crippen LogP contribution in [0.5, 0.6) is 0 Å². The van der Waals surface area contributed by atoms with Gasteiger partial charge in [-0.2, -0.15) is 0 Å². The molecule has 0 saturated carbocycles. The molecule has 3 aromatic rings. The predicted molar refractivity (Wildman–Crippen MR) is 89.5 cm³/mol. The Kier molecular flexibility index (Phi) is 4.07. The third kappa shape index (κ3) is 3.23. The molecule has 0 atom stereocenters. The van der Waals surface area contributed by atoms with Crippen LogP contribution in [-0.4, -0.2) is 13.6 Å². The molecule has 3 rings (SSSR count). The van der Waals surface area contributed by atoms with Gasteiger partial charge in [0.15, 0.2) is 5.76 Å². The second kappa shape index (κ2) is 5.86. The summed E-state index contributed by atoms with van der Waals surface area (Å²) in [6.07, 6.45) is 0. The number of sulfonamides is 1. The van der Waals surface area contributed by atoms with E-state index in [1.807, 2.05) is 13.0 Å². The number of hydrogen-bond acceptors (Lipinski definition) is 5. The standard InChI is InChI=1S/C14H11BrN2O3S2/c1-9-7-12(20-16-9)13-5-6-14(21-13)22(18,19)17-11-4-2-3-10(15)8-11/h2-8,17H,1H3. The minimum Gasteiger partial charge on any atom is -0.355 e. The first-order chi connectivity index (χ1) is 10.4. The highest BCUT2D eigenvalue weighted by Gasteiger charge is 2.19. The zero-order valence-corrected chi connectivity index (χ0v) is 14.6. The summed E-state index contributed by atoms with van der Waals surface area (Å²) < 4.78 is 33.5. The molecule has 0 aliphatic heterocycles. The maximum atomic E-state index is 12.4. The number of aromatic nitrogens is 1. The third-order valence-corrected chi connectivity index (χ3v) is 6.26. The Labute approximate surface area is 140 Å². The average Bonchev–Trinajstić information content (AvgIpc) is 3.06. The van der Waals surface area contributed by atoms with Crippen molar-refractivity contribution in [1.82, 2.24) is 5.16 Å². The summed E-state index contributed by atoms with van der Waals surface area (Å²) in [5.74, 6) is 0.561. The quantitative estimate of drug-likeness (QED) is 0.711. The highest BCUT2D eigenvalue weighted by molar-refractivity contribution is 9.10. The first kappa shape index (κ1) is 15.3. The normalized spacial score (nSPS) is 11.5. The number of benzene rings is 1. The molecule has 0 unspecified atom stereocenters. The van der Waals surface area contributed by atoms with Crippen molar-refractivity contribution in [2.75, 3.05) is 4.72 Å². The Hall–Kier alpha value is -1.64. The fourth-order valence-electron chi connectivity index (χ4n) is 1.83. The Morgan fingerprint density at radius 2 is 2.05 bits per heavy atom. The van der Waals surface area contributed by atoms with Crippen molar-refractivity contribution in [3.8, 4) is 10.6 Å². The summed E-state index contributed by atoms with van der Waals surface area (Å²) in [5.41, 5.74) is 1.25. The summed E-state index contributed by atoms with van der Waals surface area (Å²) in [4.78, 5) is 0.718. The van der Waals surface area contributed by atoms with Crippen LogP contribution in [0.15, 0.2) is 55.7 Å². The van der Waals surface area contributed by atoms with E-state index < -0.39 is 10.0 Å². The summed E-state index contributed by atoms with van der Waals surface area (Å²) in [6, 6.07) is 12.0. The average molecular weight is 399 g/mol. The van der Waals surface area contributed by atoms with Crippen LogP contribution in [0.4, 0.5) is 5.69 Å². The van der Waals surface area contributed by atoms with Gasteiger partial charge < -0.3 is 4.52 Å². The van der Waals surface area contributed by atoms with E-state index in [-0.39, 0.29) is 4.21 Å². The molecule has 5 nitrogen and oxygen atoms in total.